The van der Waals surface area contributed by atoms with Crippen molar-refractivity contribution < 1.29 is 31.4 Å². The Labute approximate surface area is 120 Å². The molecule has 1 unspecified atom stereocenters. The van der Waals surface area contributed by atoms with E-state index in [0.717, 1.165) is 28.6 Å². The van der Waals surface area contributed by atoms with E-state index >= 15 is 0 Å². The number of nitrogens with zero attached hydrogens (tertiary/aromatic N) is 1. The van der Waals surface area contributed by atoms with Gasteiger partial charge in [0.15, 0.2) is 0 Å². The van der Waals surface area contributed by atoms with Crippen molar-refractivity contribution >= 4 is 10.0 Å². The number of sulfonamides is 1. The fraction of sp³-hybridized carbons (Fsp3) is 0.500. The Morgan fingerprint density at radius 1 is 1.33 bits per heavy atom. The third kappa shape index (κ3) is 3.14. The zero-order chi connectivity index (χ0) is 15.9. The molecule has 0 spiro atoms. The lowest BCUT2D eigenvalue weighted by Crippen LogP contribution is -2.62. The van der Waals surface area contributed by atoms with E-state index < -0.39 is 27.7 Å². The highest BCUT2D eigenvalue weighted by Gasteiger charge is 2.47. The molecule has 1 aliphatic rings. The number of hydrogen-bond donors (Lipinski definition) is 1. The maximum Gasteiger partial charge on any atom is 0.573 e. The molecular formula is C12H14F3NO4S. The van der Waals surface area contributed by atoms with Crippen LogP contribution in [-0.4, -0.2) is 42.9 Å². The topological polar surface area (TPSA) is 66.8 Å². The molecule has 1 aromatic rings. The largest absolute Gasteiger partial charge is 0.573 e. The van der Waals surface area contributed by atoms with Gasteiger partial charge in [0.2, 0.25) is 10.0 Å². The fourth-order valence-electron chi connectivity index (χ4n) is 2.09. The van der Waals surface area contributed by atoms with Crippen molar-refractivity contribution in [3.8, 4) is 5.75 Å². The summed E-state index contributed by atoms with van der Waals surface area (Å²) in [5.74, 6) is -0.491. The van der Waals surface area contributed by atoms with Crippen LogP contribution in [0.2, 0.25) is 0 Å². The van der Waals surface area contributed by atoms with E-state index in [4.69, 9.17) is 0 Å². The van der Waals surface area contributed by atoms with Crippen LogP contribution < -0.4 is 4.74 Å². The zero-order valence-electron chi connectivity index (χ0n) is 11.1. The van der Waals surface area contributed by atoms with Crippen LogP contribution in [0.5, 0.6) is 5.75 Å². The first kappa shape index (κ1) is 16.1. The minimum absolute atomic E-state index is 0.142. The molecule has 118 valence electrons. The monoisotopic (exact) mass is 325 g/mol. The van der Waals surface area contributed by atoms with Crippen molar-refractivity contribution in [3.63, 3.8) is 0 Å². The number of alkyl halides is 3. The summed E-state index contributed by atoms with van der Waals surface area (Å²) in [5.41, 5.74) is -0.861. The van der Waals surface area contributed by atoms with E-state index in [1.165, 1.54) is 0 Å². The number of aliphatic hydroxyl groups is 1. The molecule has 1 heterocycles. The van der Waals surface area contributed by atoms with Crippen LogP contribution in [-0.2, 0) is 10.0 Å². The zero-order valence-corrected chi connectivity index (χ0v) is 11.9. The van der Waals surface area contributed by atoms with Crippen molar-refractivity contribution in [2.24, 2.45) is 0 Å². The molecule has 2 rings (SSSR count). The van der Waals surface area contributed by atoms with E-state index in [-0.39, 0.29) is 18.0 Å². The molecule has 1 fully saturated rings. The molecule has 0 bridgehead atoms. The molecular weight excluding hydrogens is 311 g/mol. The lowest BCUT2D eigenvalue weighted by Gasteiger charge is -2.48. The molecule has 1 atom stereocenters. The maximum absolute atomic E-state index is 12.3. The van der Waals surface area contributed by atoms with Crippen LogP contribution in [0.15, 0.2) is 29.2 Å². The normalized spacial score (nSPS) is 23.7. The van der Waals surface area contributed by atoms with Crippen molar-refractivity contribution in [2.45, 2.75) is 30.1 Å². The van der Waals surface area contributed by atoms with Crippen molar-refractivity contribution in [3.05, 3.63) is 24.3 Å². The summed E-state index contributed by atoms with van der Waals surface area (Å²) < 4.78 is 65.6. The predicted molar refractivity (Wildman–Crippen MR) is 67.1 cm³/mol. The molecule has 0 saturated carbocycles. The number of ether oxygens (including phenoxy) is 1. The van der Waals surface area contributed by atoms with Gasteiger partial charge in [-0.2, -0.15) is 4.31 Å². The minimum Gasteiger partial charge on any atom is -0.406 e. The first-order valence-corrected chi connectivity index (χ1v) is 7.52. The van der Waals surface area contributed by atoms with Gasteiger partial charge in [0.25, 0.3) is 0 Å². The second-order valence-corrected chi connectivity index (χ2v) is 6.86. The summed E-state index contributed by atoms with van der Waals surface area (Å²) in [7, 11) is -3.85. The van der Waals surface area contributed by atoms with E-state index in [1.54, 1.807) is 6.92 Å². The smallest absolute Gasteiger partial charge is 0.406 e. The van der Waals surface area contributed by atoms with Crippen molar-refractivity contribution in [1.82, 2.24) is 4.31 Å². The van der Waals surface area contributed by atoms with Crippen LogP contribution in [0.3, 0.4) is 0 Å². The van der Waals surface area contributed by atoms with Gasteiger partial charge in [-0.1, -0.05) is 0 Å². The van der Waals surface area contributed by atoms with Gasteiger partial charge < -0.3 is 9.84 Å². The second-order valence-electron chi connectivity index (χ2n) is 5.00. The highest BCUT2D eigenvalue weighted by atomic mass is 32.2. The van der Waals surface area contributed by atoms with E-state index in [0.29, 0.717) is 6.42 Å². The summed E-state index contributed by atoms with van der Waals surface area (Å²) in [6.07, 6.45) is -4.30. The second kappa shape index (κ2) is 5.15. The third-order valence-electron chi connectivity index (χ3n) is 3.44. The van der Waals surface area contributed by atoms with Crippen molar-refractivity contribution in [1.29, 1.82) is 0 Å². The first-order valence-electron chi connectivity index (χ1n) is 6.08. The maximum atomic E-state index is 12.3. The molecule has 1 aromatic carbocycles. The van der Waals surface area contributed by atoms with Gasteiger partial charge >= 0.3 is 6.36 Å². The Bertz CT molecular complexity index is 610. The van der Waals surface area contributed by atoms with Crippen LogP contribution >= 0.6 is 0 Å². The summed E-state index contributed by atoms with van der Waals surface area (Å²) in [4.78, 5) is -0.142. The number of aliphatic hydroxyl groups excluding tert-OH is 1. The van der Waals surface area contributed by atoms with Gasteiger partial charge in [-0.3, -0.25) is 0 Å². The van der Waals surface area contributed by atoms with Crippen LogP contribution in [0.1, 0.15) is 13.3 Å². The molecule has 1 N–H and O–H groups in total. The van der Waals surface area contributed by atoms with Crippen LogP contribution in [0.25, 0.3) is 0 Å². The van der Waals surface area contributed by atoms with Crippen molar-refractivity contribution in [2.75, 3.05) is 13.2 Å². The molecule has 1 aliphatic heterocycles. The summed E-state index contributed by atoms with van der Waals surface area (Å²) in [5, 5.41) is 9.25. The standard InChI is InChI=1S/C12H14F3NO4S/c1-11(8-17)6-7-16(11)21(18,19)10-4-2-9(3-5-10)20-12(13,14)15/h2-5,17H,6-8H2,1H3. The number of rotatable bonds is 4. The Balaban J connectivity index is 2.22. The third-order valence-corrected chi connectivity index (χ3v) is 5.51. The summed E-state index contributed by atoms with van der Waals surface area (Å²) >= 11 is 0. The molecule has 0 aromatic heterocycles. The number of benzene rings is 1. The minimum atomic E-state index is -4.83. The highest BCUT2D eigenvalue weighted by molar-refractivity contribution is 7.89. The Morgan fingerprint density at radius 2 is 1.90 bits per heavy atom. The Morgan fingerprint density at radius 3 is 2.29 bits per heavy atom. The van der Waals surface area contributed by atoms with Gasteiger partial charge in [0.1, 0.15) is 5.75 Å². The van der Waals surface area contributed by atoms with Crippen LogP contribution in [0.4, 0.5) is 13.2 Å². The lowest BCUT2D eigenvalue weighted by molar-refractivity contribution is -0.274. The van der Waals surface area contributed by atoms with Gasteiger partial charge in [-0.05, 0) is 37.6 Å². The predicted octanol–water partition coefficient (Wildman–Crippen LogP) is 1.73. The summed E-state index contributed by atoms with van der Waals surface area (Å²) in [6.45, 7) is 1.55. The fourth-order valence-corrected chi connectivity index (χ4v) is 3.89. The number of halogens is 3. The average molecular weight is 325 g/mol. The molecule has 21 heavy (non-hydrogen) atoms. The van der Waals surface area contributed by atoms with Gasteiger partial charge in [-0.15, -0.1) is 13.2 Å². The molecule has 0 radical (unpaired) electrons. The van der Waals surface area contributed by atoms with E-state index in [2.05, 4.69) is 4.74 Å². The Hall–Kier alpha value is -1.32. The quantitative estimate of drug-likeness (QED) is 0.915. The number of hydrogen-bond acceptors (Lipinski definition) is 4. The highest BCUT2D eigenvalue weighted by Crippen LogP contribution is 2.36. The summed E-state index contributed by atoms with van der Waals surface area (Å²) in [6, 6.07) is 3.98. The van der Waals surface area contributed by atoms with Gasteiger partial charge in [0, 0.05) is 6.54 Å². The van der Waals surface area contributed by atoms with Gasteiger partial charge in [0.05, 0.1) is 17.0 Å². The molecule has 5 nitrogen and oxygen atoms in total. The van der Waals surface area contributed by atoms with E-state index in [1.807, 2.05) is 0 Å². The SMILES string of the molecule is CC1(CO)CCN1S(=O)(=O)c1ccc(OC(F)(F)F)cc1. The first-order chi connectivity index (χ1) is 9.58. The average Bonchev–Trinajstić information content (AvgIpc) is 2.34. The molecule has 0 amide bonds. The van der Waals surface area contributed by atoms with Crippen LogP contribution in [0, 0.1) is 0 Å². The van der Waals surface area contributed by atoms with E-state index in [9.17, 15) is 26.7 Å². The molecule has 1 saturated heterocycles. The molecule has 9 heteroatoms. The lowest BCUT2D eigenvalue weighted by atomic mass is 9.91. The molecule has 0 aliphatic carbocycles. The van der Waals surface area contributed by atoms with Gasteiger partial charge in [-0.25, -0.2) is 8.42 Å². The Kier molecular flexibility index (Phi) is 3.94.